The predicted octanol–water partition coefficient (Wildman–Crippen LogP) is 0.809. The normalized spacial score (nSPS) is 12.4. The second-order valence-electron chi connectivity index (χ2n) is 3.61. The van der Waals surface area contributed by atoms with Gasteiger partial charge >= 0.3 is 0 Å². The van der Waals surface area contributed by atoms with Gasteiger partial charge in [0.15, 0.2) is 0 Å². The van der Waals surface area contributed by atoms with Crippen LogP contribution in [0.5, 0.6) is 5.75 Å². The maximum atomic E-state index is 9.13. The second kappa shape index (κ2) is 5.47. The number of hydrogen-bond acceptors (Lipinski definition) is 4. The van der Waals surface area contributed by atoms with Crippen LogP contribution in [-0.2, 0) is 0 Å². The third-order valence-electron chi connectivity index (χ3n) is 2.28. The van der Waals surface area contributed by atoms with Gasteiger partial charge in [-0.1, -0.05) is 0 Å². The van der Waals surface area contributed by atoms with Crippen LogP contribution in [0.2, 0.25) is 0 Å². The Labute approximate surface area is 98.7 Å². The number of imidazole rings is 1. The highest BCUT2D eigenvalue weighted by Gasteiger charge is 2.04. The van der Waals surface area contributed by atoms with Gasteiger partial charge in [0.05, 0.1) is 6.61 Å². The standard InChI is InChI=1S/C12H14N2O3/c15-7-10(16)8-17-11-3-1-9(2-4-11)12-13-5-6-14-12/h1-6,10,15-16H,7-8H2,(H,13,14). The molecule has 2 aromatic rings. The van der Waals surface area contributed by atoms with E-state index >= 15 is 0 Å². The van der Waals surface area contributed by atoms with Gasteiger partial charge in [-0.05, 0) is 24.3 Å². The van der Waals surface area contributed by atoms with E-state index < -0.39 is 6.10 Å². The zero-order chi connectivity index (χ0) is 12.1. The first-order chi connectivity index (χ1) is 8.29. The largest absolute Gasteiger partial charge is 0.491 e. The summed E-state index contributed by atoms with van der Waals surface area (Å²) in [5, 5.41) is 17.8. The van der Waals surface area contributed by atoms with Crippen LogP contribution in [0.4, 0.5) is 0 Å². The molecule has 0 spiro atoms. The van der Waals surface area contributed by atoms with Crippen LogP contribution >= 0.6 is 0 Å². The van der Waals surface area contributed by atoms with Gasteiger partial charge in [0.1, 0.15) is 24.3 Å². The number of H-pyrrole nitrogens is 1. The number of aliphatic hydroxyl groups excluding tert-OH is 2. The van der Waals surface area contributed by atoms with Crippen molar-refractivity contribution in [2.24, 2.45) is 0 Å². The number of benzene rings is 1. The Kier molecular flexibility index (Phi) is 3.74. The molecule has 1 unspecified atom stereocenters. The quantitative estimate of drug-likeness (QED) is 0.715. The van der Waals surface area contributed by atoms with Gasteiger partial charge in [-0.3, -0.25) is 0 Å². The molecular formula is C12H14N2O3. The van der Waals surface area contributed by atoms with Crippen LogP contribution in [-0.4, -0.2) is 39.5 Å². The molecule has 0 amide bonds. The molecule has 0 saturated carbocycles. The minimum Gasteiger partial charge on any atom is -0.491 e. The number of aliphatic hydroxyl groups is 2. The van der Waals surface area contributed by atoms with Gasteiger partial charge in [0.25, 0.3) is 0 Å². The molecule has 1 atom stereocenters. The Morgan fingerprint density at radius 2 is 2.06 bits per heavy atom. The molecule has 0 radical (unpaired) electrons. The van der Waals surface area contributed by atoms with Crippen LogP contribution in [0.15, 0.2) is 36.7 Å². The van der Waals surface area contributed by atoms with E-state index in [9.17, 15) is 0 Å². The summed E-state index contributed by atoms with van der Waals surface area (Å²) in [6.07, 6.45) is 2.61. The van der Waals surface area contributed by atoms with E-state index in [1.165, 1.54) is 0 Å². The molecule has 5 nitrogen and oxygen atoms in total. The molecule has 0 aliphatic rings. The molecule has 1 aromatic carbocycles. The van der Waals surface area contributed by atoms with Crippen molar-refractivity contribution in [3.63, 3.8) is 0 Å². The van der Waals surface area contributed by atoms with Crippen molar-refractivity contribution in [2.75, 3.05) is 13.2 Å². The lowest BCUT2D eigenvalue weighted by atomic mass is 10.2. The summed E-state index contributed by atoms with van der Waals surface area (Å²) in [7, 11) is 0. The van der Waals surface area contributed by atoms with Crippen molar-refractivity contribution in [1.82, 2.24) is 9.97 Å². The van der Waals surface area contributed by atoms with E-state index in [2.05, 4.69) is 9.97 Å². The van der Waals surface area contributed by atoms with Gasteiger partial charge in [-0.15, -0.1) is 0 Å². The number of hydrogen-bond donors (Lipinski definition) is 3. The SMILES string of the molecule is OCC(O)COc1ccc(-c2ncc[nH]2)cc1. The molecule has 0 aliphatic carbocycles. The molecule has 3 N–H and O–H groups in total. The highest BCUT2D eigenvalue weighted by molar-refractivity contribution is 5.55. The number of aromatic nitrogens is 2. The monoisotopic (exact) mass is 234 g/mol. The number of ether oxygens (including phenoxy) is 1. The molecule has 17 heavy (non-hydrogen) atoms. The average molecular weight is 234 g/mol. The lowest BCUT2D eigenvalue weighted by Gasteiger charge is -2.09. The summed E-state index contributed by atoms with van der Waals surface area (Å²) in [5.74, 6) is 1.44. The van der Waals surface area contributed by atoms with Gasteiger partial charge in [0.2, 0.25) is 0 Å². The summed E-state index contributed by atoms with van der Waals surface area (Å²) in [6, 6.07) is 7.34. The highest BCUT2D eigenvalue weighted by Crippen LogP contribution is 2.19. The average Bonchev–Trinajstić information content (AvgIpc) is 2.90. The predicted molar refractivity (Wildman–Crippen MR) is 62.6 cm³/mol. The molecule has 0 bridgehead atoms. The van der Waals surface area contributed by atoms with Crippen molar-refractivity contribution in [2.45, 2.75) is 6.10 Å². The van der Waals surface area contributed by atoms with E-state index in [0.717, 1.165) is 11.4 Å². The van der Waals surface area contributed by atoms with Crippen molar-refractivity contribution in [3.8, 4) is 17.1 Å². The van der Waals surface area contributed by atoms with E-state index in [-0.39, 0.29) is 13.2 Å². The van der Waals surface area contributed by atoms with Crippen molar-refractivity contribution < 1.29 is 14.9 Å². The third kappa shape index (κ3) is 3.05. The van der Waals surface area contributed by atoms with Crippen LogP contribution in [0, 0.1) is 0 Å². The van der Waals surface area contributed by atoms with Crippen molar-refractivity contribution in [3.05, 3.63) is 36.7 Å². The number of rotatable bonds is 5. The lowest BCUT2D eigenvalue weighted by molar-refractivity contribution is 0.0536. The maximum Gasteiger partial charge on any atom is 0.137 e. The second-order valence-corrected chi connectivity index (χ2v) is 3.61. The van der Waals surface area contributed by atoms with Gasteiger partial charge in [-0.2, -0.15) is 0 Å². The first kappa shape index (κ1) is 11.6. The minimum atomic E-state index is -0.847. The summed E-state index contributed by atoms with van der Waals surface area (Å²) >= 11 is 0. The van der Waals surface area contributed by atoms with E-state index in [4.69, 9.17) is 14.9 Å². The fraction of sp³-hybridized carbons (Fsp3) is 0.250. The van der Waals surface area contributed by atoms with Crippen molar-refractivity contribution >= 4 is 0 Å². The van der Waals surface area contributed by atoms with Gasteiger partial charge in [-0.25, -0.2) is 4.98 Å². The molecule has 90 valence electrons. The number of nitrogens with one attached hydrogen (secondary N) is 1. The molecule has 0 fully saturated rings. The Hall–Kier alpha value is -1.85. The molecule has 0 saturated heterocycles. The Morgan fingerprint density at radius 1 is 1.29 bits per heavy atom. The smallest absolute Gasteiger partial charge is 0.137 e. The highest BCUT2D eigenvalue weighted by atomic mass is 16.5. The number of nitrogens with zero attached hydrogens (tertiary/aromatic N) is 1. The third-order valence-corrected chi connectivity index (χ3v) is 2.28. The molecule has 5 heteroatoms. The van der Waals surface area contributed by atoms with Crippen LogP contribution in [0.3, 0.4) is 0 Å². The van der Waals surface area contributed by atoms with Crippen LogP contribution in [0.1, 0.15) is 0 Å². The van der Waals surface area contributed by atoms with Crippen LogP contribution in [0.25, 0.3) is 11.4 Å². The van der Waals surface area contributed by atoms with E-state index in [1.54, 1.807) is 24.5 Å². The molecular weight excluding hydrogens is 220 g/mol. The zero-order valence-corrected chi connectivity index (χ0v) is 9.21. The molecule has 2 rings (SSSR count). The maximum absolute atomic E-state index is 9.13. The lowest BCUT2D eigenvalue weighted by Crippen LogP contribution is -2.21. The topological polar surface area (TPSA) is 78.4 Å². The van der Waals surface area contributed by atoms with E-state index in [0.29, 0.717) is 5.75 Å². The summed E-state index contributed by atoms with van der Waals surface area (Å²) in [5.41, 5.74) is 0.963. The summed E-state index contributed by atoms with van der Waals surface area (Å²) < 4.78 is 5.29. The fourth-order valence-corrected chi connectivity index (χ4v) is 1.38. The number of aromatic amines is 1. The van der Waals surface area contributed by atoms with Crippen LogP contribution < -0.4 is 4.74 Å². The van der Waals surface area contributed by atoms with Crippen molar-refractivity contribution in [1.29, 1.82) is 0 Å². The van der Waals surface area contributed by atoms with E-state index in [1.807, 2.05) is 12.1 Å². The molecule has 0 aliphatic heterocycles. The Balaban J connectivity index is 1.99. The summed E-state index contributed by atoms with van der Waals surface area (Å²) in [4.78, 5) is 7.14. The van der Waals surface area contributed by atoms with Gasteiger partial charge < -0.3 is 19.9 Å². The zero-order valence-electron chi connectivity index (χ0n) is 9.21. The minimum absolute atomic E-state index is 0.0800. The molecule has 1 heterocycles. The summed E-state index contributed by atoms with van der Waals surface area (Å²) in [6.45, 7) is -0.221. The fourth-order valence-electron chi connectivity index (χ4n) is 1.38. The first-order valence-electron chi connectivity index (χ1n) is 5.31. The first-order valence-corrected chi connectivity index (χ1v) is 5.31. The Bertz CT molecular complexity index is 439. The molecule has 1 aromatic heterocycles. The van der Waals surface area contributed by atoms with Gasteiger partial charge in [0, 0.05) is 18.0 Å². The Morgan fingerprint density at radius 3 is 2.65 bits per heavy atom.